The van der Waals surface area contributed by atoms with Crippen LogP contribution in [0.25, 0.3) is 0 Å². The van der Waals surface area contributed by atoms with Gasteiger partial charge in [-0.25, -0.2) is 9.18 Å². The van der Waals surface area contributed by atoms with Crippen LogP contribution in [0.15, 0.2) is 24.3 Å². The van der Waals surface area contributed by atoms with E-state index >= 15 is 0 Å². The lowest BCUT2D eigenvalue weighted by Gasteiger charge is -2.16. The Labute approximate surface area is 169 Å². The number of fused-ring (bicyclic) bond motifs is 1. The van der Waals surface area contributed by atoms with Crippen molar-refractivity contribution in [1.29, 1.82) is 0 Å². The number of nitrogens with one attached hydrogen (secondary N) is 1. The molecule has 0 saturated carbocycles. The molecule has 0 spiro atoms. The summed E-state index contributed by atoms with van der Waals surface area (Å²) in [5.41, 5.74) is 1.03. The van der Waals surface area contributed by atoms with Gasteiger partial charge in [0.05, 0.1) is 18.2 Å². The van der Waals surface area contributed by atoms with Crippen molar-refractivity contribution in [2.75, 3.05) is 13.7 Å². The third kappa shape index (κ3) is 4.18. The third-order valence-electron chi connectivity index (χ3n) is 4.63. The van der Waals surface area contributed by atoms with Crippen LogP contribution in [0.5, 0.6) is 17.2 Å². The van der Waals surface area contributed by atoms with E-state index in [4.69, 9.17) is 14.2 Å². The highest BCUT2D eigenvalue weighted by Gasteiger charge is 2.34. The standard InChI is InChI=1S/C22H24FNO5/c1-6-24-20(25)19-12(2)7-14(10-16(19)23)28-17-8-13(21(26)27-5)9-18-15(17)11-22(3,4)29-18/h7-10H,6,11H2,1-5H3,(H,24,25). The fraction of sp³-hybridized carbons (Fsp3) is 0.364. The number of rotatable bonds is 5. The van der Waals surface area contributed by atoms with Gasteiger partial charge < -0.3 is 19.5 Å². The number of carbonyl (C=O) groups is 2. The second-order valence-electron chi connectivity index (χ2n) is 7.54. The first-order valence-electron chi connectivity index (χ1n) is 9.35. The van der Waals surface area contributed by atoms with Crippen LogP contribution in [0.1, 0.15) is 52.6 Å². The van der Waals surface area contributed by atoms with Gasteiger partial charge in [0.15, 0.2) is 0 Å². The van der Waals surface area contributed by atoms with Crippen LogP contribution in [0, 0.1) is 12.7 Å². The minimum Gasteiger partial charge on any atom is -0.487 e. The van der Waals surface area contributed by atoms with Crippen LogP contribution in [0.2, 0.25) is 0 Å². The minimum atomic E-state index is -0.678. The monoisotopic (exact) mass is 401 g/mol. The number of amides is 1. The van der Waals surface area contributed by atoms with E-state index < -0.39 is 23.3 Å². The first-order valence-corrected chi connectivity index (χ1v) is 9.35. The highest BCUT2D eigenvalue weighted by molar-refractivity contribution is 5.96. The molecule has 1 aliphatic heterocycles. The fourth-order valence-electron chi connectivity index (χ4n) is 3.41. The molecular weight excluding hydrogens is 377 g/mol. The summed E-state index contributed by atoms with van der Waals surface area (Å²) in [5, 5.41) is 2.59. The van der Waals surface area contributed by atoms with Crippen molar-refractivity contribution in [3.63, 3.8) is 0 Å². The molecule has 0 aliphatic carbocycles. The Bertz CT molecular complexity index is 960. The summed E-state index contributed by atoms with van der Waals surface area (Å²) in [4.78, 5) is 24.1. The van der Waals surface area contributed by atoms with Crippen molar-refractivity contribution in [1.82, 2.24) is 5.32 Å². The Morgan fingerprint density at radius 1 is 1.24 bits per heavy atom. The molecule has 1 amide bonds. The van der Waals surface area contributed by atoms with E-state index in [9.17, 15) is 14.0 Å². The quantitative estimate of drug-likeness (QED) is 0.761. The summed E-state index contributed by atoms with van der Waals surface area (Å²) in [6.45, 7) is 7.67. The number of hydrogen-bond donors (Lipinski definition) is 1. The van der Waals surface area contributed by atoms with Gasteiger partial charge in [0.2, 0.25) is 0 Å². The van der Waals surface area contributed by atoms with Crippen molar-refractivity contribution in [2.45, 2.75) is 39.7 Å². The predicted molar refractivity (Wildman–Crippen MR) is 105 cm³/mol. The molecule has 3 rings (SSSR count). The van der Waals surface area contributed by atoms with Gasteiger partial charge in [0.25, 0.3) is 5.91 Å². The zero-order valence-electron chi connectivity index (χ0n) is 17.1. The van der Waals surface area contributed by atoms with E-state index in [0.29, 0.717) is 30.0 Å². The average molecular weight is 401 g/mol. The molecule has 0 fully saturated rings. The maximum absolute atomic E-state index is 14.6. The predicted octanol–water partition coefficient (Wildman–Crippen LogP) is 4.18. The van der Waals surface area contributed by atoms with Crippen LogP contribution in [-0.2, 0) is 11.2 Å². The van der Waals surface area contributed by atoms with E-state index in [1.165, 1.54) is 7.11 Å². The molecule has 1 aliphatic rings. The Morgan fingerprint density at radius 3 is 2.59 bits per heavy atom. The molecule has 0 atom stereocenters. The molecule has 7 heteroatoms. The maximum Gasteiger partial charge on any atom is 0.338 e. The highest BCUT2D eigenvalue weighted by Crippen LogP contribution is 2.43. The fourth-order valence-corrected chi connectivity index (χ4v) is 3.41. The summed E-state index contributed by atoms with van der Waals surface area (Å²) in [5.74, 6) is -0.537. The molecule has 0 saturated heterocycles. The van der Waals surface area contributed by atoms with Gasteiger partial charge in [-0.2, -0.15) is 0 Å². The highest BCUT2D eigenvalue weighted by atomic mass is 19.1. The maximum atomic E-state index is 14.6. The smallest absolute Gasteiger partial charge is 0.338 e. The number of ether oxygens (including phenoxy) is 3. The van der Waals surface area contributed by atoms with Gasteiger partial charge in [0, 0.05) is 24.6 Å². The van der Waals surface area contributed by atoms with Crippen molar-refractivity contribution in [2.24, 2.45) is 0 Å². The molecular formula is C22H24FNO5. The first kappa shape index (κ1) is 20.6. The molecule has 0 radical (unpaired) electrons. The lowest BCUT2D eigenvalue weighted by Crippen LogP contribution is -2.24. The number of carbonyl (C=O) groups excluding carboxylic acids is 2. The van der Waals surface area contributed by atoms with E-state index in [-0.39, 0.29) is 16.9 Å². The molecule has 0 unspecified atom stereocenters. The molecule has 1 heterocycles. The van der Waals surface area contributed by atoms with E-state index in [1.54, 1.807) is 32.0 Å². The molecule has 0 bridgehead atoms. The average Bonchev–Trinajstić information content (AvgIpc) is 2.95. The second kappa shape index (κ2) is 7.73. The van der Waals surface area contributed by atoms with Crippen molar-refractivity contribution >= 4 is 11.9 Å². The van der Waals surface area contributed by atoms with Gasteiger partial charge in [-0.1, -0.05) is 0 Å². The Hall–Kier alpha value is -3.09. The molecule has 0 aromatic heterocycles. The number of benzene rings is 2. The molecule has 2 aromatic rings. The summed E-state index contributed by atoms with van der Waals surface area (Å²) in [6, 6.07) is 5.93. The van der Waals surface area contributed by atoms with E-state index in [0.717, 1.165) is 11.6 Å². The molecule has 6 nitrogen and oxygen atoms in total. The van der Waals surface area contributed by atoms with Crippen molar-refractivity contribution < 1.29 is 28.2 Å². The van der Waals surface area contributed by atoms with Gasteiger partial charge >= 0.3 is 5.97 Å². The van der Waals surface area contributed by atoms with E-state index in [2.05, 4.69) is 5.32 Å². The zero-order chi connectivity index (χ0) is 21.3. The lowest BCUT2D eigenvalue weighted by atomic mass is 9.99. The molecule has 2 aromatic carbocycles. The first-order chi connectivity index (χ1) is 13.6. The number of aryl methyl sites for hydroxylation is 1. The van der Waals surface area contributed by atoms with Crippen molar-refractivity contribution in [3.8, 4) is 17.2 Å². The van der Waals surface area contributed by atoms with Crippen LogP contribution >= 0.6 is 0 Å². The number of methoxy groups -OCH3 is 1. The zero-order valence-corrected chi connectivity index (χ0v) is 17.1. The van der Waals surface area contributed by atoms with Gasteiger partial charge in [0.1, 0.15) is 28.7 Å². The Kier molecular flexibility index (Phi) is 5.50. The normalized spacial score (nSPS) is 14.0. The van der Waals surface area contributed by atoms with Crippen molar-refractivity contribution in [3.05, 3.63) is 52.3 Å². The van der Waals surface area contributed by atoms with Gasteiger partial charge in [-0.3, -0.25) is 4.79 Å². The summed E-state index contributed by atoms with van der Waals surface area (Å²) in [7, 11) is 1.29. The number of hydrogen-bond acceptors (Lipinski definition) is 5. The second-order valence-corrected chi connectivity index (χ2v) is 7.54. The Morgan fingerprint density at radius 2 is 1.97 bits per heavy atom. The van der Waals surface area contributed by atoms with Gasteiger partial charge in [-0.15, -0.1) is 0 Å². The van der Waals surface area contributed by atoms with E-state index in [1.807, 2.05) is 13.8 Å². The van der Waals surface area contributed by atoms with Crippen LogP contribution in [0.4, 0.5) is 4.39 Å². The van der Waals surface area contributed by atoms with Gasteiger partial charge in [-0.05, 0) is 51.5 Å². The minimum absolute atomic E-state index is 0.0165. The lowest BCUT2D eigenvalue weighted by molar-refractivity contribution is 0.0599. The Balaban J connectivity index is 2.01. The largest absolute Gasteiger partial charge is 0.487 e. The third-order valence-corrected chi connectivity index (χ3v) is 4.63. The number of esters is 1. The summed E-state index contributed by atoms with van der Waals surface area (Å²) < 4.78 is 31.3. The number of halogens is 1. The SMILES string of the molecule is CCNC(=O)c1c(C)cc(Oc2cc(C(=O)OC)cc3c2CC(C)(C)O3)cc1F. The summed E-state index contributed by atoms with van der Waals surface area (Å²) in [6.07, 6.45) is 0.567. The summed E-state index contributed by atoms with van der Waals surface area (Å²) >= 11 is 0. The van der Waals surface area contributed by atoms with Crippen LogP contribution in [-0.4, -0.2) is 31.1 Å². The molecule has 29 heavy (non-hydrogen) atoms. The molecule has 154 valence electrons. The topological polar surface area (TPSA) is 73.9 Å². The van der Waals surface area contributed by atoms with Crippen LogP contribution in [0.3, 0.4) is 0 Å². The molecule has 1 N–H and O–H groups in total. The van der Waals surface area contributed by atoms with Crippen LogP contribution < -0.4 is 14.8 Å².